The van der Waals surface area contributed by atoms with Gasteiger partial charge in [-0.25, -0.2) is 0 Å². The Kier molecular flexibility index (Phi) is 33.1. The van der Waals surface area contributed by atoms with Gasteiger partial charge in [-0.1, -0.05) is 73.5 Å². The van der Waals surface area contributed by atoms with Crippen LogP contribution in [0.1, 0.15) is 173 Å². The second kappa shape index (κ2) is 37.3. The molecule has 1 aliphatic heterocycles. The number of rotatable bonds is 28. The van der Waals surface area contributed by atoms with Gasteiger partial charge in [-0.05, 0) is 91.4 Å². The standard InChI is InChI=1S/C59H100N14O18/c1-13-29(3)44-54(89)71-46(33(7)75)55(90)67-36(26-40(62)78)51(86)73-59(12,56(91)57(8,9)10)24-20-18-16-15-17-19-23-58(11,28-41(79)69-44)72-50(85)37(27-42(80)81)68-53(88)45(30(4)14-2)70-47(82)31(5)64-49(84)35(25-39(61)77)66-48(83)34(21-22-38(60)76)65-52(87)43(63)32(6)74/h15-16,29-37,43-46,74-75H,13-14,17-28,63H2,1-12H3,(H2,60,76)(H2,61,77)(H2,62,78)(H,64,84)(H,65,87)(H,66,83)(H,67,90)(H,68,88)(H,69,79)(H,70,82)(H,71,89)(H,72,85)(H,73,86)(H,80,81)/b16-15-/t29-,30-,31-,32+,33+,34-,35-,36-,37-,43-,44-,45-,46-,58-,59-/m0/s1. The quantitative estimate of drug-likeness (QED) is 0.0334. The first-order chi connectivity index (χ1) is 42.0. The minimum Gasteiger partial charge on any atom is -0.481 e. The molecule has 0 aromatic heterocycles. The fraction of sp³-hybridized carbons (Fsp3) is 0.712. The summed E-state index contributed by atoms with van der Waals surface area (Å²) in [5, 5.41) is 55.3. The number of amides is 13. The summed E-state index contributed by atoms with van der Waals surface area (Å²) in [6.45, 7) is 18.0. The number of carboxylic acid groups (broad SMARTS) is 1. The molecular weight excluding hydrogens is 1190 g/mol. The number of hydrogen-bond acceptors (Lipinski definition) is 18. The highest BCUT2D eigenvalue weighted by molar-refractivity contribution is 6.01. The van der Waals surface area contributed by atoms with E-state index in [2.05, 4.69) is 53.2 Å². The molecule has 0 aromatic carbocycles. The van der Waals surface area contributed by atoms with Gasteiger partial charge >= 0.3 is 5.97 Å². The topological polar surface area (TPSA) is 541 Å². The number of nitrogens with one attached hydrogen (secondary N) is 10. The highest BCUT2D eigenvalue weighted by atomic mass is 16.4. The van der Waals surface area contributed by atoms with E-state index < -0.39 is 216 Å². The highest BCUT2D eigenvalue weighted by Crippen LogP contribution is 2.28. The van der Waals surface area contributed by atoms with E-state index in [9.17, 15) is 87.2 Å². The van der Waals surface area contributed by atoms with Crippen molar-refractivity contribution in [2.45, 2.75) is 251 Å². The SMILES string of the molecule is CC[C@H](C)[C@@H]1NC(=O)C[C@@](C)(NC(=O)[C@H](CC(=O)O)NC(=O)[C@@H](NC(=O)[C@H](C)NC(=O)[C@H](CC(N)=O)NC(=O)[C@H](CCC(N)=O)NC(=O)[C@@H](N)[C@@H](C)O)[C@@H](C)CC)CCC/C=C\CCC[C@@](C)(C(=O)C(C)(C)C)NC(=O)[C@H](CC(N)=O)NC(=O)[C@H]([C@@H](C)O)NC1=O. The number of Topliss-reactive ketones (excluding diaryl/α,β-unsaturated/α-hetero) is 1. The van der Waals surface area contributed by atoms with E-state index in [-0.39, 0.29) is 37.9 Å². The molecule has 1 heterocycles. The van der Waals surface area contributed by atoms with Crippen LogP contribution in [0.15, 0.2) is 12.2 Å². The Balaban J connectivity index is 3.74. The van der Waals surface area contributed by atoms with Crippen molar-refractivity contribution in [2.24, 2.45) is 40.2 Å². The third kappa shape index (κ3) is 27.9. The minimum absolute atomic E-state index is 0.0234. The summed E-state index contributed by atoms with van der Waals surface area (Å²) in [4.78, 5) is 201. The summed E-state index contributed by atoms with van der Waals surface area (Å²) in [5.74, 6) is -16.6. The fourth-order valence-electron chi connectivity index (χ4n) is 9.75. The van der Waals surface area contributed by atoms with Crippen LogP contribution in [0.5, 0.6) is 0 Å². The summed E-state index contributed by atoms with van der Waals surface area (Å²) in [7, 11) is 0. The highest BCUT2D eigenvalue weighted by Gasteiger charge is 2.44. The molecule has 0 bridgehead atoms. The predicted octanol–water partition coefficient (Wildman–Crippen LogP) is -3.78. The maximum atomic E-state index is 14.5. The second-order valence-electron chi connectivity index (χ2n) is 25.1. The van der Waals surface area contributed by atoms with E-state index in [1.54, 1.807) is 48.5 Å². The van der Waals surface area contributed by atoms with Crippen molar-refractivity contribution >= 4 is 88.5 Å². The van der Waals surface area contributed by atoms with Gasteiger partial charge in [-0.15, -0.1) is 0 Å². The number of carboxylic acids is 1. The third-order valence-electron chi connectivity index (χ3n) is 15.5. The van der Waals surface area contributed by atoms with Gasteiger partial charge in [-0.3, -0.25) is 71.9 Å². The molecule has 0 fully saturated rings. The fourth-order valence-corrected chi connectivity index (χ4v) is 9.75. The van der Waals surface area contributed by atoms with Gasteiger partial charge in [0.2, 0.25) is 76.8 Å². The molecule has 0 spiro atoms. The van der Waals surface area contributed by atoms with Crippen LogP contribution in [-0.4, -0.2) is 182 Å². The molecule has 514 valence electrons. The molecule has 0 saturated carbocycles. The van der Waals surface area contributed by atoms with Crippen LogP contribution in [0.4, 0.5) is 0 Å². The van der Waals surface area contributed by atoms with E-state index in [0.29, 0.717) is 19.3 Å². The van der Waals surface area contributed by atoms with Crippen molar-refractivity contribution in [3.8, 4) is 0 Å². The van der Waals surface area contributed by atoms with Crippen LogP contribution in [0, 0.1) is 17.3 Å². The van der Waals surface area contributed by atoms with E-state index in [1.165, 1.54) is 34.6 Å². The summed E-state index contributed by atoms with van der Waals surface area (Å²) in [5.41, 5.74) is 17.7. The van der Waals surface area contributed by atoms with E-state index in [0.717, 1.165) is 0 Å². The third-order valence-corrected chi connectivity index (χ3v) is 15.5. The van der Waals surface area contributed by atoms with Crippen molar-refractivity contribution in [3.05, 3.63) is 12.2 Å². The minimum atomic E-state index is -1.87. The Morgan fingerprint density at radius 1 is 0.637 bits per heavy atom. The van der Waals surface area contributed by atoms with Gasteiger partial charge < -0.3 is 91.4 Å². The van der Waals surface area contributed by atoms with Gasteiger partial charge in [0.25, 0.3) is 0 Å². The van der Waals surface area contributed by atoms with Crippen molar-refractivity contribution in [1.29, 1.82) is 0 Å². The molecule has 0 aromatic rings. The lowest BCUT2D eigenvalue weighted by molar-refractivity contribution is -0.142. The molecule has 21 N–H and O–H groups in total. The number of aliphatic hydroxyl groups excluding tert-OH is 2. The number of hydrogen-bond donors (Lipinski definition) is 17. The van der Waals surface area contributed by atoms with E-state index >= 15 is 0 Å². The molecule has 32 nitrogen and oxygen atoms in total. The molecule has 1 aliphatic rings. The average molecular weight is 1290 g/mol. The van der Waals surface area contributed by atoms with Crippen molar-refractivity contribution in [1.82, 2.24) is 53.2 Å². The van der Waals surface area contributed by atoms with Gasteiger partial charge in [0, 0.05) is 23.8 Å². The molecule has 1 rings (SSSR count). The van der Waals surface area contributed by atoms with Crippen LogP contribution >= 0.6 is 0 Å². The maximum Gasteiger partial charge on any atom is 0.305 e. The van der Waals surface area contributed by atoms with E-state index in [4.69, 9.17) is 22.9 Å². The number of nitrogens with two attached hydrogens (primary N) is 4. The zero-order valence-electron chi connectivity index (χ0n) is 54.3. The number of primary amides is 3. The number of aliphatic carboxylic acids is 1. The Morgan fingerprint density at radius 3 is 1.68 bits per heavy atom. The van der Waals surface area contributed by atoms with Crippen LogP contribution in [0.2, 0.25) is 0 Å². The van der Waals surface area contributed by atoms with Crippen LogP contribution in [-0.2, 0) is 71.9 Å². The van der Waals surface area contributed by atoms with Gasteiger partial charge in [0.05, 0.1) is 37.0 Å². The molecule has 0 radical (unpaired) electrons. The lowest BCUT2D eigenvalue weighted by Gasteiger charge is -2.36. The first-order valence-corrected chi connectivity index (χ1v) is 30.5. The van der Waals surface area contributed by atoms with Gasteiger partial charge in [-0.2, -0.15) is 0 Å². The Bertz CT molecular complexity index is 2660. The molecule has 15 atom stereocenters. The molecule has 91 heavy (non-hydrogen) atoms. The van der Waals surface area contributed by atoms with E-state index in [1.807, 2.05) is 12.2 Å². The largest absolute Gasteiger partial charge is 0.481 e. The summed E-state index contributed by atoms with van der Waals surface area (Å²) in [6.07, 6.45) is -1.47. The molecule has 0 aliphatic carbocycles. The van der Waals surface area contributed by atoms with Gasteiger partial charge in [0.1, 0.15) is 54.4 Å². The first kappa shape index (κ1) is 80.9. The summed E-state index contributed by atoms with van der Waals surface area (Å²) >= 11 is 0. The number of carbonyl (C=O) groups excluding carboxylic acids is 14. The second-order valence-corrected chi connectivity index (χ2v) is 25.1. The smallest absolute Gasteiger partial charge is 0.305 e. The van der Waals surface area contributed by atoms with Crippen molar-refractivity contribution in [2.75, 3.05) is 0 Å². The predicted molar refractivity (Wildman–Crippen MR) is 329 cm³/mol. The average Bonchev–Trinajstić information content (AvgIpc) is 3.09. The number of carbonyl (C=O) groups is 15. The van der Waals surface area contributed by atoms with Crippen molar-refractivity contribution in [3.63, 3.8) is 0 Å². The Morgan fingerprint density at radius 2 is 1.18 bits per heavy atom. The number of aliphatic hydroxyl groups is 2. The first-order valence-electron chi connectivity index (χ1n) is 30.5. The Labute approximate surface area is 530 Å². The Hall–Kier alpha value is -8.13. The van der Waals surface area contributed by atoms with Crippen LogP contribution in [0.3, 0.4) is 0 Å². The zero-order chi connectivity index (χ0) is 70.1. The number of ketones is 1. The van der Waals surface area contributed by atoms with Crippen LogP contribution in [0.25, 0.3) is 0 Å². The molecule has 13 amide bonds. The monoisotopic (exact) mass is 1290 g/mol. The van der Waals surface area contributed by atoms with Crippen LogP contribution < -0.4 is 76.1 Å². The molecule has 0 saturated heterocycles. The lowest BCUT2D eigenvalue weighted by Crippen LogP contribution is -2.63. The molecule has 32 heteroatoms. The molecule has 0 unspecified atom stereocenters. The van der Waals surface area contributed by atoms with Gasteiger partial charge in [0.15, 0.2) is 5.78 Å². The number of allylic oxidation sites excluding steroid dienone is 2. The van der Waals surface area contributed by atoms with Crippen molar-refractivity contribution < 1.29 is 87.2 Å². The maximum absolute atomic E-state index is 14.5. The normalized spacial score (nSPS) is 23.6. The lowest BCUT2D eigenvalue weighted by atomic mass is 9.76. The summed E-state index contributed by atoms with van der Waals surface area (Å²) < 4.78 is 0. The summed E-state index contributed by atoms with van der Waals surface area (Å²) in [6, 6.07) is -14.7. The molecular formula is C59H100N14O18. The zero-order valence-corrected chi connectivity index (χ0v) is 54.3.